The number of nitro groups is 1. The molecule has 0 aliphatic heterocycles. The Kier molecular flexibility index (Phi) is 4.13. The lowest BCUT2D eigenvalue weighted by Gasteiger charge is -2.21. The summed E-state index contributed by atoms with van der Waals surface area (Å²) in [5.74, 6) is -0.575. The Morgan fingerprint density at radius 2 is 2.00 bits per heavy atom. The Balaban J connectivity index is 3.15. The number of rotatable bonds is 4. The van der Waals surface area contributed by atoms with Crippen LogP contribution >= 0.6 is 0 Å². The minimum absolute atomic E-state index is 0.0909. The first-order chi connectivity index (χ1) is 8.61. The number of hydrogen-bond acceptors (Lipinski definition) is 4. The first kappa shape index (κ1) is 14.9. The predicted molar refractivity (Wildman–Crippen MR) is 62.4 cm³/mol. The Morgan fingerprint density at radius 1 is 1.42 bits per heavy atom. The highest BCUT2D eigenvalue weighted by atomic mass is 19.4. The molecule has 0 heterocycles. The third kappa shape index (κ3) is 3.94. The van der Waals surface area contributed by atoms with Gasteiger partial charge in [-0.2, -0.15) is 13.2 Å². The zero-order valence-electron chi connectivity index (χ0n) is 10.2. The number of Topliss-reactive ketones (excluding diaryl/α,β-unsaturated/α-hetero) is 1. The average molecular weight is 276 g/mol. The van der Waals surface area contributed by atoms with E-state index in [2.05, 4.69) is 0 Å². The smallest absolute Gasteiger partial charge is 0.366 e. The third-order valence-corrected chi connectivity index (χ3v) is 2.41. The molecule has 1 aromatic carbocycles. The highest BCUT2D eigenvalue weighted by Gasteiger charge is 2.30. The normalized spacial score (nSPS) is 11.2. The summed E-state index contributed by atoms with van der Waals surface area (Å²) >= 11 is 0. The van der Waals surface area contributed by atoms with E-state index in [9.17, 15) is 28.1 Å². The van der Waals surface area contributed by atoms with Crippen molar-refractivity contribution in [1.82, 2.24) is 0 Å². The molecule has 0 aliphatic carbocycles. The first-order valence-electron chi connectivity index (χ1n) is 5.19. The van der Waals surface area contributed by atoms with Crippen LogP contribution in [0.25, 0.3) is 0 Å². The van der Waals surface area contributed by atoms with Crippen LogP contribution in [-0.4, -0.2) is 30.5 Å². The number of hydrogen-bond donors (Lipinski definition) is 0. The van der Waals surface area contributed by atoms with E-state index in [4.69, 9.17) is 0 Å². The predicted octanol–water partition coefficient (Wildman–Crippen LogP) is 2.80. The van der Waals surface area contributed by atoms with E-state index in [1.54, 1.807) is 0 Å². The quantitative estimate of drug-likeness (QED) is 0.482. The van der Waals surface area contributed by atoms with Gasteiger partial charge >= 0.3 is 6.18 Å². The van der Waals surface area contributed by atoms with Crippen molar-refractivity contribution in [3.63, 3.8) is 0 Å². The standard InChI is InChI=1S/C11H11F3N2O3/c1-7(17)9-5-8(3-4-10(9)16(18)19)15(2)6-11(12,13)14/h3-5H,6H2,1-2H3. The van der Waals surface area contributed by atoms with Crippen LogP contribution in [0.2, 0.25) is 0 Å². The number of carbonyl (C=O) groups excluding carboxylic acids is 1. The van der Waals surface area contributed by atoms with Gasteiger partial charge in [0, 0.05) is 18.8 Å². The molecule has 19 heavy (non-hydrogen) atoms. The molecule has 8 heteroatoms. The van der Waals surface area contributed by atoms with Crippen molar-refractivity contribution in [1.29, 1.82) is 0 Å². The van der Waals surface area contributed by atoms with Crippen LogP contribution in [0.15, 0.2) is 18.2 Å². The fourth-order valence-corrected chi connectivity index (χ4v) is 1.56. The Morgan fingerprint density at radius 3 is 2.42 bits per heavy atom. The van der Waals surface area contributed by atoms with Crippen molar-refractivity contribution in [3.05, 3.63) is 33.9 Å². The lowest BCUT2D eigenvalue weighted by molar-refractivity contribution is -0.385. The molecular formula is C11H11F3N2O3. The SMILES string of the molecule is CC(=O)c1cc(N(C)CC(F)(F)F)ccc1[N+](=O)[O-]. The van der Waals surface area contributed by atoms with Gasteiger partial charge in [0.05, 0.1) is 10.5 Å². The number of benzene rings is 1. The molecule has 0 N–H and O–H groups in total. The van der Waals surface area contributed by atoms with Crippen LogP contribution < -0.4 is 4.90 Å². The molecule has 1 rings (SSSR count). The number of anilines is 1. The molecule has 0 atom stereocenters. The number of nitrogens with zero attached hydrogens (tertiary/aromatic N) is 2. The molecule has 0 bridgehead atoms. The zero-order valence-corrected chi connectivity index (χ0v) is 10.2. The summed E-state index contributed by atoms with van der Waals surface area (Å²) < 4.78 is 36.7. The second-order valence-electron chi connectivity index (χ2n) is 3.99. The number of ketones is 1. The molecule has 0 spiro atoms. The molecule has 0 amide bonds. The molecule has 104 valence electrons. The van der Waals surface area contributed by atoms with E-state index in [1.807, 2.05) is 0 Å². The number of carbonyl (C=O) groups is 1. The fourth-order valence-electron chi connectivity index (χ4n) is 1.56. The second-order valence-corrected chi connectivity index (χ2v) is 3.99. The van der Waals surface area contributed by atoms with Crippen LogP contribution in [0.5, 0.6) is 0 Å². The van der Waals surface area contributed by atoms with Gasteiger partial charge in [0.1, 0.15) is 6.54 Å². The van der Waals surface area contributed by atoms with Crippen LogP contribution in [0.4, 0.5) is 24.5 Å². The van der Waals surface area contributed by atoms with Crippen LogP contribution in [0.1, 0.15) is 17.3 Å². The van der Waals surface area contributed by atoms with E-state index in [0.717, 1.165) is 24.0 Å². The lowest BCUT2D eigenvalue weighted by Crippen LogP contribution is -2.30. The summed E-state index contributed by atoms with van der Waals surface area (Å²) in [5, 5.41) is 10.7. The molecular weight excluding hydrogens is 265 g/mol. The number of halogens is 3. The van der Waals surface area contributed by atoms with Crippen molar-refractivity contribution in [2.75, 3.05) is 18.5 Å². The summed E-state index contributed by atoms with van der Waals surface area (Å²) in [4.78, 5) is 22.1. The molecule has 0 aromatic heterocycles. The van der Waals surface area contributed by atoms with Gasteiger partial charge in [-0.05, 0) is 19.1 Å². The largest absolute Gasteiger partial charge is 0.405 e. The van der Waals surface area contributed by atoms with Gasteiger partial charge in [-0.1, -0.05) is 0 Å². The minimum atomic E-state index is -4.40. The van der Waals surface area contributed by atoms with Crippen molar-refractivity contribution in [2.24, 2.45) is 0 Å². The van der Waals surface area contributed by atoms with Crippen LogP contribution in [-0.2, 0) is 0 Å². The maximum atomic E-state index is 12.2. The van der Waals surface area contributed by atoms with Crippen molar-refractivity contribution >= 4 is 17.2 Å². The Bertz CT molecular complexity index is 514. The maximum absolute atomic E-state index is 12.2. The summed E-state index contributed by atoms with van der Waals surface area (Å²) in [6.45, 7) is -0.0853. The van der Waals surface area contributed by atoms with Gasteiger partial charge in [0.15, 0.2) is 5.78 Å². The minimum Gasteiger partial charge on any atom is -0.366 e. The molecule has 0 saturated carbocycles. The summed E-state index contributed by atoms with van der Waals surface area (Å²) in [7, 11) is 1.19. The van der Waals surface area contributed by atoms with E-state index in [0.29, 0.717) is 0 Å². The van der Waals surface area contributed by atoms with Gasteiger partial charge < -0.3 is 4.90 Å². The van der Waals surface area contributed by atoms with E-state index >= 15 is 0 Å². The van der Waals surface area contributed by atoms with Crippen molar-refractivity contribution in [3.8, 4) is 0 Å². The Labute approximate surface area is 106 Å². The third-order valence-electron chi connectivity index (χ3n) is 2.41. The molecule has 0 saturated heterocycles. The monoisotopic (exact) mass is 276 g/mol. The average Bonchev–Trinajstić information content (AvgIpc) is 2.25. The zero-order chi connectivity index (χ0) is 14.8. The summed E-state index contributed by atoms with van der Waals surface area (Å²) in [5.41, 5.74) is -0.540. The van der Waals surface area contributed by atoms with E-state index < -0.39 is 29.1 Å². The van der Waals surface area contributed by atoms with E-state index in [1.165, 1.54) is 13.1 Å². The van der Waals surface area contributed by atoms with Crippen molar-refractivity contribution < 1.29 is 22.9 Å². The van der Waals surface area contributed by atoms with Gasteiger partial charge in [0.25, 0.3) is 5.69 Å². The molecule has 0 aliphatic rings. The highest BCUT2D eigenvalue weighted by molar-refractivity contribution is 5.99. The van der Waals surface area contributed by atoms with Crippen LogP contribution in [0, 0.1) is 10.1 Å². The molecule has 5 nitrogen and oxygen atoms in total. The van der Waals surface area contributed by atoms with E-state index in [-0.39, 0.29) is 11.3 Å². The van der Waals surface area contributed by atoms with Crippen molar-refractivity contribution in [2.45, 2.75) is 13.1 Å². The lowest BCUT2D eigenvalue weighted by atomic mass is 10.1. The Hall–Kier alpha value is -2.12. The second kappa shape index (κ2) is 5.25. The van der Waals surface area contributed by atoms with Crippen LogP contribution in [0.3, 0.4) is 0 Å². The van der Waals surface area contributed by atoms with Gasteiger partial charge in [0.2, 0.25) is 0 Å². The molecule has 0 unspecified atom stereocenters. The van der Waals surface area contributed by atoms with Gasteiger partial charge in [-0.15, -0.1) is 0 Å². The number of nitro benzene ring substituents is 1. The molecule has 1 aromatic rings. The summed E-state index contributed by atoms with van der Waals surface area (Å²) in [6.07, 6.45) is -4.40. The molecule has 0 radical (unpaired) electrons. The fraction of sp³-hybridized carbons (Fsp3) is 0.364. The maximum Gasteiger partial charge on any atom is 0.405 e. The number of alkyl halides is 3. The summed E-state index contributed by atoms with van der Waals surface area (Å²) in [6, 6.07) is 3.29. The highest BCUT2D eigenvalue weighted by Crippen LogP contribution is 2.27. The van der Waals surface area contributed by atoms with Gasteiger partial charge in [-0.25, -0.2) is 0 Å². The molecule has 0 fully saturated rings. The first-order valence-corrected chi connectivity index (χ1v) is 5.19. The topological polar surface area (TPSA) is 63.5 Å². The van der Waals surface area contributed by atoms with Gasteiger partial charge in [-0.3, -0.25) is 14.9 Å².